The van der Waals surface area contributed by atoms with E-state index < -0.39 is 0 Å². The van der Waals surface area contributed by atoms with Crippen molar-refractivity contribution in [3.63, 3.8) is 0 Å². The number of rotatable bonds is 3. The SMILES string of the molecule is Cc1cccc(-c2ncc(C(=O)NC(C)C)c(N)n2)c1. The van der Waals surface area contributed by atoms with Crippen molar-refractivity contribution < 1.29 is 4.79 Å². The fourth-order valence-electron chi connectivity index (χ4n) is 1.83. The van der Waals surface area contributed by atoms with Crippen LogP contribution in [0.5, 0.6) is 0 Å². The molecule has 3 N–H and O–H groups in total. The Balaban J connectivity index is 2.33. The molecule has 20 heavy (non-hydrogen) atoms. The number of carbonyl (C=O) groups excluding carboxylic acids is 1. The fourth-order valence-corrected chi connectivity index (χ4v) is 1.83. The van der Waals surface area contributed by atoms with Gasteiger partial charge in [-0.25, -0.2) is 9.97 Å². The van der Waals surface area contributed by atoms with Crippen LogP contribution in [0, 0.1) is 6.92 Å². The van der Waals surface area contributed by atoms with Crippen molar-refractivity contribution in [1.29, 1.82) is 0 Å². The van der Waals surface area contributed by atoms with Gasteiger partial charge in [-0.2, -0.15) is 0 Å². The van der Waals surface area contributed by atoms with E-state index in [1.54, 1.807) is 0 Å². The van der Waals surface area contributed by atoms with Gasteiger partial charge in [0.05, 0.1) is 5.56 Å². The highest BCUT2D eigenvalue weighted by atomic mass is 16.1. The molecule has 2 rings (SSSR count). The summed E-state index contributed by atoms with van der Waals surface area (Å²) in [6.45, 7) is 5.77. The zero-order valence-corrected chi connectivity index (χ0v) is 11.8. The average molecular weight is 270 g/mol. The highest BCUT2D eigenvalue weighted by Crippen LogP contribution is 2.18. The molecule has 1 amide bonds. The molecule has 0 bridgehead atoms. The summed E-state index contributed by atoms with van der Waals surface area (Å²) in [6.07, 6.45) is 1.47. The number of nitrogens with two attached hydrogens (primary N) is 1. The van der Waals surface area contributed by atoms with Crippen molar-refractivity contribution in [2.75, 3.05) is 5.73 Å². The number of benzene rings is 1. The van der Waals surface area contributed by atoms with E-state index in [0.717, 1.165) is 11.1 Å². The van der Waals surface area contributed by atoms with Gasteiger partial charge in [0, 0.05) is 17.8 Å². The van der Waals surface area contributed by atoms with Crippen LogP contribution >= 0.6 is 0 Å². The maximum atomic E-state index is 11.9. The van der Waals surface area contributed by atoms with Gasteiger partial charge in [-0.05, 0) is 26.8 Å². The van der Waals surface area contributed by atoms with Gasteiger partial charge in [0.2, 0.25) is 0 Å². The van der Waals surface area contributed by atoms with E-state index in [9.17, 15) is 4.79 Å². The van der Waals surface area contributed by atoms with Crippen molar-refractivity contribution in [2.24, 2.45) is 0 Å². The van der Waals surface area contributed by atoms with Crippen LogP contribution in [0.1, 0.15) is 29.8 Å². The third kappa shape index (κ3) is 3.12. The molecule has 5 nitrogen and oxygen atoms in total. The Morgan fingerprint density at radius 2 is 2.10 bits per heavy atom. The number of nitrogens with zero attached hydrogens (tertiary/aromatic N) is 2. The van der Waals surface area contributed by atoms with Gasteiger partial charge in [-0.1, -0.05) is 23.8 Å². The number of aryl methyl sites for hydroxylation is 1. The zero-order chi connectivity index (χ0) is 14.7. The quantitative estimate of drug-likeness (QED) is 0.895. The minimum absolute atomic E-state index is 0.0401. The zero-order valence-electron chi connectivity index (χ0n) is 11.8. The molecule has 5 heteroatoms. The van der Waals surface area contributed by atoms with Crippen LogP contribution in [0.4, 0.5) is 5.82 Å². The average Bonchev–Trinajstić information content (AvgIpc) is 2.37. The minimum atomic E-state index is -0.256. The molecule has 0 aliphatic carbocycles. The molecule has 0 radical (unpaired) electrons. The molecule has 0 aliphatic heterocycles. The van der Waals surface area contributed by atoms with Crippen LogP contribution in [-0.2, 0) is 0 Å². The minimum Gasteiger partial charge on any atom is -0.383 e. The van der Waals surface area contributed by atoms with Gasteiger partial charge in [-0.15, -0.1) is 0 Å². The first-order valence-electron chi connectivity index (χ1n) is 6.48. The molecule has 104 valence electrons. The number of nitrogens with one attached hydrogen (secondary N) is 1. The van der Waals surface area contributed by atoms with Crippen LogP contribution < -0.4 is 11.1 Å². The first kappa shape index (κ1) is 14.0. The summed E-state index contributed by atoms with van der Waals surface area (Å²) in [5, 5.41) is 2.77. The summed E-state index contributed by atoms with van der Waals surface area (Å²) in [7, 11) is 0. The molecule has 1 aromatic heterocycles. The van der Waals surface area contributed by atoms with Crippen molar-refractivity contribution in [2.45, 2.75) is 26.8 Å². The Kier molecular flexibility index (Phi) is 3.98. The van der Waals surface area contributed by atoms with Crippen molar-refractivity contribution in [3.05, 3.63) is 41.6 Å². The molecule has 1 aromatic carbocycles. The lowest BCUT2D eigenvalue weighted by Crippen LogP contribution is -2.31. The van der Waals surface area contributed by atoms with E-state index in [1.165, 1.54) is 6.20 Å². The number of anilines is 1. The second kappa shape index (κ2) is 5.69. The van der Waals surface area contributed by atoms with Gasteiger partial charge in [-0.3, -0.25) is 4.79 Å². The summed E-state index contributed by atoms with van der Waals surface area (Å²) in [5.41, 5.74) is 8.16. The lowest BCUT2D eigenvalue weighted by molar-refractivity contribution is 0.0943. The van der Waals surface area contributed by atoms with Crippen molar-refractivity contribution in [3.8, 4) is 11.4 Å². The maximum Gasteiger partial charge on any atom is 0.256 e. The Morgan fingerprint density at radius 3 is 2.70 bits per heavy atom. The molecule has 2 aromatic rings. The van der Waals surface area contributed by atoms with Gasteiger partial charge < -0.3 is 11.1 Å². The molecule has 1 heterocycles. The van der Waals surface area contributed by atoms with E-state index >= 15 is 0 Å². The van der Waals surface area contributed by atoms with Crippen LogP contribution in [0.3, 0.4) is 0 Å². The lowest BCUT2D eigenvalue weighted by Gasteiger charge is -2.10. The van der Waals surface area contributed by atoms with E-state index in [0.29, 0.717) is 11.4 Å². The number of amides is 1. The normalized spacial score (nSPS) is 10.6. The van der Waals surface area contributed by atoms with Crippen LogP contribution in [0.2, 0.25) is 0 Å². The Morgan fingerprint density at radius 1 is 1.35 bits per heavy atom. The highest BCUT2D eigenvalue weighted by Gasteiger charge is 2.14. The number of carbonyl (C=O) groups is 1. The second-order valence-electron chi connectivity index (χ2n) is 4.99. The second-order valence-corrected chi connectivity index (χ2v) is 4.99. The van der Waals surface area contributed by atoms with Crippen LogP contribution in [0.25, 0.3) is 11.4 Å². The van der Waals surface area contributed by atoms with Crippen molar-refractivity contribution in [1.82, 2.24) is 15.3 Å². The van der Waals surface area contributed by atoms with Gasteiger partial charge in [0.25, 0.3) is 5.91 Å². The maximum absolute atomic E-state index is 11.9. The number of hydrogen-bond donors (Lipinski definition) is 2. The topological polar surface area (TPSA) is 80.9 Å². The third-order valence-electron chi connectivity index (χ3n) is 2.76. The monoisotopic (exact) mass is 270 g/mol. The Labute approximate surface area is 118 Å². The van der Waals surface area contributed by atoms with Crippen molar-refractivity contribution >= 4 is 11.7 Å². The summed E-state index contributed by atoms with van der Waals surface area (Å²) in [6, 6.07) is 7.86. The summed E-state index contributed by atoms with van der Waals surface area (Å²) in [4.78, 5) is 20.4. The van der Waals surface area contributed by atoms with Crippen LogP contribution in [0.15, 0.2) is 30.5 Å². The molecule has 0 aliphatic rings. The number of hydrogen-bond acceptors (Lipinski definition) is 4. The summed E-state index contributed by atoms with van der Waals surface area (Å²) in [5.74, 6) is 0.454. The van der Waals surface area contributed by atoms with E-state index in [1.807, 2.05) is 45.0 Å². The number of aromatic nitrogens is 2. The third-order valence-corrected chi connectivity index (χ3v) is 2.76. The lowest BCUT2D eigenvalue weighted by atomic mass is 10.1. The standard InChI is InChI=1S/C15H18N4O/c1-9(2)18-15(20)12-8-17-14(19-13(12)16)11-6-4-5-10(3)7-11/h4-9H,1-3H3,(H,18,20)(H2,16,17,19). The van der Waals surface area contributed by atoms with E-state index in [-0.39, 0.29) is 17.8 Å². The molecule has 0 spiro atoms. The Hall–Kier alpha value is -2.43. The van der Waals surface area contributed by atoms with E-state index in [2.05, 4.69) is 15.3 Å². The first-order chi connectivity index (χ1) is 9.47. The Bertz CT molecular complexity index is 638. The number of nitrogen functional groups attached to an aromatic ring is 1. The fraction of sp³-hybridized carbons (Fsp3) is 0.267. The molecule has 0 fully saturated rings. The summed E-state index contributed by atoms with van der Waals surface area (Å²) < 4.78 is 0. The van der Waals surface area contributed by atoms with E-state index in [4.69, 9.17) is 5.73 Å². The predicted octanol–water partition coefficient (Wildman–Crippen LogP) is 2.17. The first-order valence-corrected chi connectivity index (χ1v) is 6.48. The predicted molar refractivity (Wildman–Crippen MR) is 79.2 cm³/mol. The highest BCUT2D eigenvalue weighted by molar-refractivity contribution is 5.98. The largest absolute Gasteiger partial charge is 0.383 e. The van der Waals surface area contributed by atoms with Gasteiger partial charge >= 0.3 is 0 Å². The van der Waals surface area contributed by atoms with Crippen LogP contribution in [-0.4, -0.2) is 21.9 Å². The molecule has 0 saturated carbocycles. The smallest absolute Gasteiger partial charge is 0.256 e. The molecular weight excluding hydrogens is 252 g/mol. The summed E-state index contributed by atoms with van der Waals surface area (Å²) >= 11 is 0. The molecule has 0 unspecified atom stereocenters. The van der Waals surface area contributed by atoms with Gasteiger partial charge in [0.15, 0.2) is 5.82 Å². The molecular formula is C15H18N4O. The molecule has 0 atom stereocenters. The van der Waals surface area contributed by atoms with Gasteiger partial charge in [0.1, 0.15) is 5.82 Å². The molecule has 0 saturated heterocycles.